The van der Waals surface area contributed by atoms with Crippen LogP contribution in [0.5, 0.6) is 0 Å². The van der Waals surface area contributed by atoms with Gasteiger partial charge in [-0.3, -0.25) is 14.7 Å². The van der Waals surface area contributed by atoms with Crippen LogP contribution in [0.15, 0.2) is 34.9 Å². The van der Waals surface area contributed by atoms with Crippen LogP contribution in [-0.4, -0.2) is 57.9 Å². The number of piperidine rings is 1. The predicted octanol–water partition coefficient (Wildman–Crippen LogP) is 2.79. The van der Waals surface area contributed by atoms with Gasteiger partial charge in [-0.15, -0.1) is 0 Å². The zero-order valence-electron chi connectivity index (χ0n) is 16.4. The van der Waals surface area contributed by atoms with Crippen molar-refractivity contribution >= 4 is 22.8 Å². The predicted molar refractivity (Wildman–Crippen MR) is 103 cm³/mol. The zero-order valence-corrected chi connectivity index (χ0v) is 16.4. The molecule has 1 saturated heterocycles. The van der Waals surface area contributed by atoms with Gasteiger partial charge in [0.05, 0.1) is 6.42 Å². The second kappa shape index (κ2) is 8.40. The first kappa shape index (κ1) is 20.9. The third kappa shape index (κ3) is 4.86. The number of carbonyl (C=O) groups excluding carboxylic acids is 2. The lowest BCUT2D eigenvalue weighted by Crippen LogP contribution is -2.38. The van der Waals surface area contributed by atoms with Crippen molar-refractivity contribution in [3.8, 4) is 0 Å². The van der Waals surface area contributed by atoms with Gasteiger partial charge in [0.1, 0.15) is 17.9 Å². The summed E-state index contributed by atoms with van der Waals surface area (Å²) in [5.41, 5.74) is 1.83. The highest BCUT2D eigenvalue weighted by Gasteiger charge is 2.29. The highest BCUT2D eigenvalue weighted by atomic mass is 19.4. The van der Waals surface area contributed by atoms with Gasteiger partial charge in [0.25, 0.3) is 5.91 Å². The van der Waals surface area contributed by atoms with Crippen LogP contribution in [-0.2, 0) is 11.2 Å². The van der Waals surface area contributed by atoms with E-state index in [1.807, 2.05) is 18.2 Å². The summed E-state index contributed by atoms with van der Waals surface area (Å²) in [6.07, 6.45) is -3.03. The summed E-state index contributed by atoms with van der Waals surface area (Å²) in [7, 11) is 0. The summed E-state index contributed by atoms with van der Waals surface area (Å²) in [4.78, 5) is 26.2. The molecule has 2 amide bonds. The van der Waals surface area contributed by atoms with Crippen molar-refractivity contribution in [2.24, 2.45) is 0 Å². The second-order valence-electron chi connectivity index (χ2n) is 7.46. The lowest BCUT2D eigenvalue weighted by Gasteiger charge is -2.31. The second-order valence-corrected chi connectivity index (χ2v) is 7.46. The van der Waals surface area contributed by atoms with Crippen molar-refractivity contribution < 1.29 is 27.3 Å². The number of rotatable bonds is 5. The number of benzene rings is 1. The molecule has 3 aromatic rings. The fourth-order valence-electron chi connectivity index (χ4n) is 3.69. The molecule has 0 bridgehead atoms. The number of alkyl halides is 3. The first-order chi connectivity index (χ1) is 14.8. The number of hydrogen-bond acceptors (Lipinski definition) is 5. The topological polar surface area (TPSA) is 104 Å². The van der Waals surface area contributed by atoms with E-state index in [-0.39, 0.29) is 23.9 Å². The molecule has 8 nitrogen and oxygen atoms in total. The maximum Gasteiger partial charge on any atom is 0.405 e. The molecule has 11 heteroatoms. The first-order valence-electron chi connectivity index (χ1n) is 9.81. The highest BCUT2D eigenvalue weighted by Crippen LogP contribution is 2.28. The number of carbonyl (C=O) groups is 2. The van der Waals surface area contributed by atoms with Gasteiger partial charge in [0.2, 0.25) is 5.91 Å². The Morgan fingerprint density at radius 1 is 1.23 bits per heavy atom. The molecular formula is C20H20F3N5O3. The summed E-state index contributed by atoms with van der Waals surface area (Å²) in [5.74, 6) is -0.893. The highest BCUT2D eigenvalue weighted by molar-refractivity contribution is 5.92. The van der Waals surface area contributed by atoms with Gasteiger partial charge in [0.15, 0.2) is 5.58 Å². The smallest absolute Gasteiger partial charge is 0.356 e. The van der Waals surface area contributed by atoms with Crippen LogP contribution in [0.3, 0.4) is 0 Å². The van der Waals surface area contributed by atoms with Crippen LogP contribution in [0, 0.1) is 0 Å². The minimum absolute atomic E-state index is 0.0357. The molecular weight excluding hydrogens is 415 g/mol. The van der Waals surface area contributed by atoms with Crippen molar-refractivity contribution in [3.05, 3.63) is 47.4 Å². The van der Waals surface area contributed by atoms with Gasteiger partial charge in [-0.05, 0) is 31.0 Å². The van der Waals surface area contributed by atoms with Crippen LogP contribution in [0.25, 0.3) is 11.0 Å². The number of aromatic amines is 1. The van der Waals surface area contributed by atoms with E-state index in [0.29, 0.717) is 42.9 Å². The minimum Gasteiger partial charge on any atom is -0.356 e. The molecule has 1 fully saturated rings. The average molecular weight is 435 g/mol. The number of aromatic nitrogens is 3. The van der Waals surface area contributed by atoms with E-state index in [2.05, 4.69) is 15.4 Å². The number of nitrogens with one attached hydrogen (secondary N) is 2. The summed E-state index contributed by atoms with van der Waals surface area (Å²) in [6, 6.07) is 8.83. The Hall–Kier alpha value is -3.37. The van der Waals surface area contributed by atoms with Crippen molar-refractivity contribution in [2.45, 2.75) is 31.4 Å². The van der Waals surface area contributed by atoms with Gasteiger partial charge in [-0.2, -0.15) is 18.3 Å². The minimum atomic E-state index is -4.48. The maximum absolute atomic E-state index is 12.7. The number of likely N-dealkylation sites (tertiary alicyclic amines) is 1. The van der Waals surface area contributed by atoms with Crippen molar-refractivity contribution in [1.29, 1.82) is 0 Å². The van der Waals surface area contributed by atoms with Gasteiger partial charge in [-0.1, -0.05) is 17.3 Å². The zero-order chi connectivity index (χ0) is 22.0. The molecule has 164 valence electrons. The Morgan fingerprint density at radius 2 is 1.97 bits per heavy atom. The molecule has 0 atom stereocenters. The summed E-state index contributed by atoms with van der Waals surface area (Å²) >= 11 is 0. The molecule has 0 radical (unpaired) electrons. The molecule has 1 aliphatic heterocycles. The number of fused-ring (bicyclic) bond motifs is 1. The monoisotopic (exact) mass is 435 g/mol. The Bertz CT molecular complexity index is 1080. The van der Waals surface area contributed by atoms with Gasteiger partial charge >= 0.3 is 6.18 Å². The molecule has 31 heavy (non-hydrogen) atoms. The van der Waals surface area contributed by atoms with E-state index < -0.39 is 18.6 Å². The van der Waals surface area contributed by atoms with Crippen LogP contribution in [0.1, 0.15) is 40.6 Å². The number of para-hydroxylation sites is 1. The maximum atomic E-state index is 12.7. The average Bonchev–Trinajstić information content (AvgIpc) is 3.40. The quantitative estimate of drug-likeness (QED) is 0.641. The molecule has 1 aromatic carbocycles. The SMILES string of the molecule is O=C(NCC(F)(F)F)c1cc(C2CCN(C(=O)Cc3noc4ccccc34)CC2)[nH]n1. The normalized spacial score (nSPS) is 15.4. The van der Waals surface area contributed by atoms with E-state index in [9.17, 15) is 22.8 Å². The standard InChI is InChI=1S/C20H20F3N5O3/c21-20(22,23)11-24-19(30)16-9-14(25-26-16)12-5-7-28(8-6-12)18(29)10-15-13-3-1-2-4-17(13)31-27-15/h1-4,9,12H,5-8,10-11H2,(H,24,30)(H,25,26). The van der Waals surface area contributed by atoms with Gasteiger partial charge in [-0.25, -0.2) is 0 Å². The fourth-order valence-corrected chi connectivity index (χ4v) is 3.69. The number of nitrogens with zero attached hydrogens (tertiary/aromatic N) is 3. The van der Waals surface area contributed by atoms with Crippen molar-refractivity contribution in [2.75, 3.05) is 19.6 Å². The summed E-state index contributed by atoms with van der Waals surface area (Å²) < 4.78 is 42.0. The third-order valence-corrected chi connectivity index (χ3v) is 5.34. The lowest BCUT2D eigenvalue weighted by molar-refractivity contribution is -0.131. The molecule has 2 aromatic heterocycles. The molecule has 0 spiro atoms. The van der Waals surface area contributed by atoms with Crippen molar-refractivity contribution in [1.82, 2.24) is 25.6 Å². The van der Waals surface area contributed by atoms with Crippen LogP contribution in [0.4, 0.5) is 13.2 Å². The van der Waals surface area contributed by atoms with E-state index in [1.54, 1.807) is 16.3 Å². The number of halogens is 3. The van der Waals surface area contributed by atoms with E-state index in [0.717, 1.165) is 5.39 Å². The molecule has 0 unspecified atom stereocenters. The van der Waals surface area contributed by atoms with Gasteiger partial charge in [0, 0.05) is 30.1 Å². The van der Waals surface area contributed by atoms with E-state index in [1.165, 1.54) is 6.07 Å². The number of amides is 2. The Balaban J connectivity index is 1.31. The Morgan fingerprint density at radius 3 is 2.71 bits per heavy atom. The molecule has 3 heterocycles. The summed E-state index contributed by atoms with van der Waals surface area (Å²) in [5, 5.41) is 13.2. The molecule has 4 rings (SSSR count). The van der Waals surface area contributed by atoms with Crippen LogP contribution >= 0.6 is 0 Å². The van der Waals surface area contributed by atoms with E-state index in [4.69, 9.17) is 4.52 Å². The fraction of sp³-hybridized carbons (Fsp3) is 0.400. The molecule has 0 saturated carbocycles. The van der Waals surface area contributed by atoms with Crippen LogP contribution in [0.2, 0.25) is 0 Å². The van der Waals surface area contributed by atoms with Crippen LogP contribution < -0.4 is 5.32 Å². The molecule has 2 N–H and O–H groups in total. The summed E-state index contributed by atoms with van der Waals surface area (Å²) in [6.45, 7) is -0.364. The van der Waals surface area contributed by atoms with Crippen molar-refractivity contribution in [3.63, 3.8) is 0 Å². The number of H-pyrrole nitrogens is 1. The first-order valence-corrected chi connectivity index (χ1v) is 9.81. The number of hydrogen-bond donors (Lipinski definition) is 2. The molecule has 1 aliphatic rings. The largest absolute Gasteiger partial charge is 0.405 e. The Kier molecular flexibility index (Phi) is 5.66. The van der Waals surface area contributed by atoms with Gasteiger partial charge < -0.3 is 14.7 Å². The molecule has 0 aliphatic carbocycles. The Labute approximate surface area is 174 Å². The van der Waals surface area contributed by atoms with E-state index >= 15 is 0 Å². The lowest BCUT2D eigenvalue weighted by atomic mass is 9.93. The third-order valence-electron chi connectivity index (χ3n) is 5.34.